The van der Waals surface area contributed by atoms with Gasteiger partial charge in [0.1, 0.15) is 5.60 Å². The van der Waals surface area contributed by atoms with Gasteiger partial charge < -0.3 is 19.7 Å². The first kappa shape index (κ1) is 15.8. The van der Waals surface area contributed by atoms with Crippen LogP contribution < -0.4 is 5.73 Å². The van der Waals surface area contributed by atoms with Crippen LogP contribution in [-0.2, 0) is 15.1 Å². The fourth-order valence-corrected chi connectivity index (χ4v) is 2.84. The van der Waals surface area contributed by atoms with E-state index < -0.39 is 5.60 Å². The van der Waals surface area contributed by atoms with Crippen LogP contribution in [0.5, 0.6) is 0 Å². The van der Waals surface area contributed by atoms with Gasteiger partial charge in [0, 0.05) is 32.7 Å². The van der Waals surface area contributed by atoms with Crippen LogP contribution in [0.25, 0.3) is 0 Å². The summed E-state index contributed by atoms with van der Waals surface area (Å²) < 4.78 is 16.7. The van der Waals surface area contributed by atoms with Crippen LogP contribution in [0.1, 0.15) is 43.9 Å². The molecule has 1 aromatic heterocycles. The number of hydrogen-bond donors (Lipinski definition) is 1. The Morgan fingerprint density at radius 1 is 1.45 bits per heavy atom. The normalized spacial score (nSPS) is 19.9. The van der Waals surface area contributed by atoms with Gasteiger partial charge in [-0.25, -0.2) is 0 Å². The van der Waals surface area contributed by atoms with Gasteiger partial charge in [0.25, 0.3) is 0 Å². The highest BCUT2D eigenvalue weighted by Gasteiger charge is 2.40. The molecule has 0 aromatic carbocycles. The molecule has 1 aromatic rings. The van der Waals surface area contributed by atoms with Gasteiger partial charge in [-0.15, -0.1) is 0 Å². The number of rotatable bonds is 7. The van der Waals surface area contributed by atoms with E-state index in [1.165, 1.54) is 0 Å². The Balaban J connectivity index is 2.12. The van der Waals surface area contributed by atoms with Crippen molar-refractivity contribution < 1.29 is 14.0 Å². The van der Waals surface area contributed by atoms with E-state index in [2.05, 4.69) is 16.4 Å². The van der Waals surface area contributed by atoms with Crippen LogP contribution in [0.3, 0.4) is 0 Å². The molecular weight excluding hydrogens is 278 g/mol. The van der Waals surface area contributed by atoms with Crippen molar-refractivity contribution in [1.82, 2.24) is 10.1 Å². The summed E-state index contributed by atoms with van der Waals surface area (Å²) in [7, 11) is 0. The Hall–Kier alpha value is -0.630. The molecule has 6 nitrogen and oxygen atoms in total. The summed E-state index contributed by atoms with van der Waals surface area (Å²) in [6.45, 7) is 3.90. The van der Waals surface area contributed by atoms with Crippen molar-refractivity contribution in [3.63, 3.8) is 0 Å². The molecule has 1 fully saturated rings. The number of nitrogens with zero attached hydrogens (tertiary/aromatic N) is 2. The van der Waals surface area contributed by atoms with Crippen molar-refractivity contribution in [2.45, 2.75) is 37.8 Å². The zero-order valence-corrected chi connectivity index (χ0v) is 12.9. The second-order valence-electron chi connectivity index (χ2n) is 4.88. The molecule has 2 heterocycles. The van der Waals surface area contributed by atoms with E-state index in [-0.39, 0.29) is 6.04 Å². The molecule has 0 saturated carbocycles. The number of aromatic nitrogens is 2. The molecule has 0 aliphatic carbocycles. The summed E-state index contributed by atoms with van der Waals surface area (Å²) in [5, 5.41) is 4.11. The van der Waals surface area contributed by atoms with Gasteiger partial charge in [-0.3, -0.25) is 0 Å². The van der Waals surface area contributed by atoms with Gasteiger partial charge in [-0.05, 0) is 25.4 Å². The van der Waals surface area contributed by atoms with Gasteiger partial charge in [-0.1, -0.05) is 5.16 Å². The van der Waals surface area contributed by atoms with Crippen molar-refractivity contribution in [2.24, 2.45) is 5.73 Å². The third-order valence-electron chi connectivity index (χ3n) is 3.52. The highest BCUT2D eigenvalue weighted by atomic mass is 32.2. The zero-order chi connectivity index (χ0) is 14.4. The maximum absolute atomic E-state index is 6.07. The molecule has 1 saturated heterocycles. The Morgan fingerprint density at radius 2 is 2.20 bits per heavy atom. The standard InChI is InChI=1S/C13H23N3O3S/c1-3-18-13(5-7-17-8-6-13)12-15-11(19-16-12)10(14)4-9-20-2/h10H,3-9,14H2,1-2H3. The minimum atomic E-state index is -0.478. The zero-order valence-electron chi connectivity index (χ0n) is 12.1. The van der Waals surface area contributed by atoms with Crippen molar-refractivity contribution in [2.75, 3.05) is 31.8 Å². The molecule has 2 N–H and O–H groups in total. The predicted molar refractivity (Wildman–Crippen MR) is 77.6 cm³/mol. The molecule has 1 aliphatic heterocycles. The molecule has 20 heavy (non-hydrogen) atoms. The topological polar surface area (TPSA) is 83.4 Å². The average Bonchev–Trinajstić information content (AvgIpc) is 2.96. The van der Waals surface area contributed by atoms with Gasteiger partial charge in [-0.2, -0.15) is 16.7 Å². The summed E-state index contributed by atoms with van der Waals surface area (Å²) >= 11 is 1.76. The van der Waals surface area contributed by atoms with E-state index in [9.17, 15) is 0 Å². The van der Waals surface area contributed by atoms with Crippen LogP contribution in [0.4, 0.5) is 0 Å². The van der Waals surface area contributed by atoms with Gasteiger partial charge in [0.2, 0.25) is 11.7 Å². The highest BCUT2D eigenvalue weighted by Crippen LogP contribution is 2.34. The lowest BCUT2D eigenvalue weighted by Gasteiger charge is -2.33. The molecule has 0 bridgehead atoms. The fraction of sp³-hybridized carbons (Fsp3) is 0.846. The number of nitrogens with two attached hydrogens (primary N) is 1. The molecular formula is C13H23N3O3S. The van der Waals surface area contributed by atoms with Crippen LogP contribution in [0.15, 0.2) is 4.52 Å². The van der Waals surface area contributed by atoms with E-state index in [0.717, 1.165) is 25.0 Å². The monoisotopic (exact) mass is 301 g/mol. The minimum absolute atomic E-state index is 0.206. The summed E-state index contributed by atoms with van der Waals surface area (Å²) in [5.41, 5.74) is 5.59. The predicted octanol–water partition coefficient (Wildman–Crippen LogP) is 1.86. The maximum Gasteiger partial charge on any atom is 0.243 e. The summed E-state index contributed by atoms with van der Waals surface area (Å²) in [6.07, 6.45) is 4.38. The molecule has 114 valence electrons. The van der Waals surface area contributed by atoms with E-state index >= 15 is 0 Å². The van der Waals surface area contributed by atoms with Crippen molar-refractivity contribution in [1.29, 1.82) is 0 Å². The summed E-state index contributed by atoms with van der Waals surface area (Å²) in [6, 6.07) is -0.206. The molecule has 0 spiro atoms. The number of hydrogen-bond acceptors (Lipinski definition) is 7. The molecule has 0 amide bonds. The lowest BCUT2D eigenvalue weighted by Crippen LogP contribution is -2.37. The molecule has 1 atom stereocenters. The van der Waals surface area contributed by atoms with Crippen molar-refractivity contribution >= 4 is 11.8 Å². The lowest BCUT2D eigenvalue weighted by molar-refractivity contribution is -0.118. The molecule has 0 radical (unpaired) electrons. The lowest BCUT2D eigenvalue weighted by atomic mass is 9.93. The molecule has 1 unspecified atom stereocenters. The quantitative estimate of drug-likeness (QED) is 0.823. The summed E-state index contributed by atoms with van der Waals surface area (Å²) in [5.74, 6) is 2.08. The Morgan fingerprint density at radius 3 is 2.85 bits per heavy atom. The first-order chi connectivity index (χ1) is 9.72. The van der Waals surface area contributed by atoms with Gasteiger partial charge >= 0.3 is 0 Å². The summed E-state index contributed by atoms with van der Waals surface area (Å²) in [4.78, 5) is 4.48. The van der Waals surface area contributed by atoms with Crippen LogP contribution in [-0.4, -0.2) is 42.0 Å². The second-order valence-corrected chi connectivity index (χ2v) is 5.87. The third-order valence-corrected chi connectivity index (χ3v) is 4.16. The van der Waals surface area contributed by atoms with E-state index in [1.54, 1.807) is 11.8 Å². The van der Waals surface area contributed by atoms with Crippen molar-refractivity contribution in [3.05, 3.63) is 11.7 Å². The Labute approximate surface area is 123 Å². The highest BCUT2D eigenvalue weighted by molar-refractivity contribution is 7.98. The second kappa shape index (κ2) is 7.40. The SMILES string of the molecule is CCOC1(c2noc(C(N)CCSC)n2)CCOCC1. The van der Waals surface area contributed by atoms with Crippen LogP contribution in [0, 0.1) is 0 Å². The minimum Gasteiger partial charge on any atom is -0.381 e. The fourth-order valence-electron chi connectivity index (χ4n) is 2.35. The van der Waals surface area contributed by atoms with Gasteiger partial charge in [0.15, 0.2) is 0 Å². The van der Waals surface area contributed by atoms with Crippen LogP contribution in [0.2, 0.25) is 0 Å². The molecule has 7 heteroatoms. The Kier molecular flexibility index (Phi) is 5.83. The Bertz CT molecular complexity index is 402. The van der Waals surface area contributed by atoms with Crippen molar-refractivity contribution in [3.8, 4) is 0 Å². The van der Waals surface area contributed by atoms with Gasteiger partial charge in [0.05, 0.1) is 6.04 Å². The van der Waals surface area contributed by atoms with E-state index in [4.69, 9.17) is 19.7 Å². The number of thioether (sulfide) groups is 1. The van der Waals surface area contributed by atoms with Crippen LogP contribution >= 0.6 is 11.8 Å². The number of ether oxygens (including phenoxy) is 2. The average molecular weight is 301 g/mol. The van der Waals surface area contributed by atoms with E-state index in [1.807, 2.05) is 6.92 Å². The maximum atomic E-state index is 6.07. The molecule has 1 aliphatic rings. The largest absolute Gasteiger partial charge is 0.381 e. The third kappa shape index (κ3) is 3.52. The van der Waals surface area contributed by atoms with E-state index in [0.29, 0.717) is 31.5 Å². The smallest absolute Gasteiger partial charge is 0.243 e. The first-order valence-electron chi connectivity index (χ1n) is 7.02. The first-order valence-corrected chi connectivity index (χ1v) is 8.41. The molecule has 2 rings (SSSR count).